The largest absolute Gasteiger partial charge is 0.449 e. The quantitative estimate of drug-likeness (QED) is 0.173. The Morgan fingerprint density at radius 1 is 0.323 bits per heavy atom. The third-order valence-electron chi connectivity index (χ3n) is 13.2. The first-order valence-electron chi connectivity index (χ1n) is 21.2. The van der Waals surface area contributed by atoms with Crippen LogP contribution < -0.4 is 14.4 Å². The minimum Gasteiger partial charge on any atom is -0.449 e. The molecule has 3 nitrogen and oxygen atoms in total. The maximum atomic E-state index is 7.13. The molecule has 2 aliphatic carbocycles. The van der Waals surface area contributed by atoms with Crippen LogP contribution in [0.3, 0.4) is 0 Å². The van der Waals surface area contributed by atoms with Gasteiger partial charge < -0.3 is 14.4 Å². The standard InChI is InChI=1S/C59H37NO2/c1-2-14-38(15-3-1)39-28-32-42(33-29-39)60(43-34-30-41(31-35-43)45-22-12-17-40-16-4-5-18-44(40)45)54-26-13-27-55-58(54)62-56-36-49-48-21-8-11-25-52(48)59(53(49)37-57(56)61-55)50-23-9-6-19-46(50)47-20-7-10-24-51(47)59/h1-37H. The zero-order chi connectivity index (χ0) is 40.8. The lowest BCUT2D eigenvalue weighted by Crippen LogP contribution is -2.25. The third-order valence-corrected chi connectivity index (χ3v) is 13.2. The van der Waals surface area contributed by atoms with Crippen molar-refractivity contribution in [3.63, 3.8) is 0 Å². The van der Waals surface area contributed by atoms with E-state index in [1.165, 1.54) is 60.8 Å². The maximum absolute atomic E-state index is 7.13. The van der Waals surface area contributed by atoms with E-state index in [0.717, 1.165) is 33.8 Å². The third kappa shape index (κ3) is 5.00. The Labute approximate surface area is 360 Å². The summed E-state index contributed by atoms with van der Waals surface area (Å²) in [5.74, 6) is 2.74. The highest BCUT2D eigenvalue weighted by atomic mass is 16.6. The van der Waals surface area contributed by atoms with Crippen molar-refractivity contribution in [3.8, 4) is 67.5 Å². The smallest absolute Gasteiger partial charge is 0.194 e. The van der Waals surface area contributed by atoms with Crippen molar-refractivity contribution in [1.29, 1.82) is 0 Å². The number of fused-ring (bicyclic) bond motifs is 13. The van der Waals surface area contributed by atoms with Crippen LogP contribution in [0, 0.1) is 0 Å². The van der Waals surface area contributed by atoms with E-state index in [4.69, 9.17) is 9.47 Å². The molecule has 3 aliphatic rings. The van der Waals surface area contributed by atoms with Gasteiger partial charge in [0.1, 0.15) is 0 Å². The lowest BCUT2D eigenvalue weighted by molar-refractivity contribution is 0.360. The van der Waals surface area contributed by atoms with Crippen molar-refractivity contribution in [2.75, 3.05) is 4.90 Å². The Kier molecular flexibility index (Phi) is 7.52. The fourth-order valence-electron chi connectivity index (χ4n) is 10.5. The lowest BCUT2D eigenvalue weighted by atomic mass is 9.70. The molecule has 0 unspecified atom stereocenters. The molecule has 290 valence electrons. The van der Waals surface area contributed by atoms with Crippen LogP contribution in [0.5, 0.6) is 23.0 Å². The van der Waals surface area contributed by atoms with Gasteiger partial charge in [0, 0.05) is 11.4 Å². The molecule has 0 atom stereocenters. The highest BCUT2D eigenvalue weighted by molar-refractivity contribution is 5.98. The maximum Gasteiger partial charge on any atom is 0.194 e. The Morgan fingerprint density at radius 2 is 0.839 bits per heavy atom. The van der Waals surface area contributed by atoms with Crippen LogP contribution in [0.2, 0.25) is 0 Å². The van der Waals surface area contributed by atoms with Crippen LogP contribution in [-0.2, 0) is 5.41 Å². The number of para-hydroxylation sites is 1. The summed E-state index contributed by atoms with van der Waals surface area (Å²) < 4.78 is 14.1. The van der Waals surface area contributed by atoms with Crippen molar-refractivity contribution in [1.82, 2.24) is 0 Å². The first-order chi connectivity index (χ1) is 30.7. The van der Waals surface area contributed by atoms with Crippen LogP contribution in [0.1, 0.15) is 22.3 Å². The molecule has 1 aliphatic heterocycles. The van der Waals surface area contributed by atoms with Gasteiger partial charge in [0.25, 0.3) is 0 Å². The van der Waals surface area contributed by atoms with Gasteiger partial charge in [0.15, 0.2) is 23.0 Å². The molecule has 13 rings (SSSR count). The summed E-state index contributed by atoms with van der Waals surface area (Å²) in [7, 11) is 0. The van der Waals surface area contributed by atoms with E-state index >= 15 is 0 Å². The predicted octanol–water partition coefficient (Wildman–Crippen LogP) is 15.9. The van der Waals surface area contributed by atoms with Crippen LogP contribution in [-0.4, -0.2) is 0 Å². The number of rotatable bonds is 5. The summed E-state index contributed by atoms with van der Waals surface area (Å²) in [5, 5.41) is 2.46. The summed E-state index contributed by atoms with van der Waals surface area (Å²) in [6.45, 7) is 0. The Bertz CT molecular complexity index is 3360. The number of nitrogens with zero attached hydrogens (tertiary/aromatic N) is 1. The van der Waals surface area contributed by atoms with Crippen LogP contribution in [0.15, 0.2) is 224 Å². The van der Waals surface area contributed by atoms with Crippen molar-refractivity contribution < 1.29 is 9.47 Å². The van der Waals surface area contributed by atoms with Gasteiger partial charge in [0.2, 0.25) is 0 Å². The average molecular weight is 792 g/mol. The summed E-state index contributed by atoms with van der Waals surface area (Å²) in [6.07, 6.45) is 0. The number of hydrogen-bond acceptors (Lipinski definition) is 3. The molecule has 1 heterocycles. The second-order valence-electron chi connectivity index (χ2n) is 16.4. The molecule has 0 bridgehead atoms. The Balaban J connectivity index is 0.951. The molecule has 0 N–H and O–H groups in total. The number of ether oxygens (including phenoxy) is 2. The van der Waals surface area contributed by atoms with E-state index in [-0.39, 0.29) is 0 Å². The summed E-state index contributed by atoms with van der Waals surface area (Å²) in [5.41, 5.74) is 17.1. The van der Waals surface area contributed by atoms with Crippen molar-refractivity contribution >= 4 is 27.8 Å². The van der Waals surface area contributed by atoms with Gasteiger partial charge in [-0.05, 0) is 126 Å². The number of hydrogen-bond donors (Lipinski definition) is 0. The summed E-state index contributed by atoms with van der Waals surface area (Å²) >= 11 is 0. The summed E-state index contributed by atoms with van der Waals surface area (Å²) in [6, 6.07) is 80.5. The predicted molar refractivity (Wildman–Crippen MR) is 252 cm³/mol. The lowest BCUT2D eigenvalue weighted by Gasteiger charge is -2.32. The van der Waals surface area contributed by atoms with Gasteiger partial charge in [-0.25, -0.2) is 0 Å². The first kappa shape index (κ1) is 34.7. The van der Waals surface area contributed by atoms with E-state index in [0.29, 0.717) is 23.0 Å². The van der Waals surface area contributed by atoms with Gasteiger partial charge in [-0.2, -0.15) is 0 Å². The molecule has 0 amide bonds. The number of benzene rings is 10. The van der Waals surface area contributed by atoms with E-state index in [1.54, 1.807) is 0 Å². The first-order valence-corrected chi connectivity index (χ1v) is 21.2. The van der Waals surface area contributed by atoms with Crippen molar-refractivity contribution in [3.05, 3.63) is 247 Å². The minimum absolute atomic E-state index is 0.472. The fraction of sp³-hybridized carbons (Fsp3) is 0.0169. The van der Waals surface area contributed by atoms with Crippen molar-refractivity contribution in [2.45, 2.75) is 5.41 Å². The zero-order valence-corrected chi connectivity index (χ0v) is 33.6. The zero-order valence-electron chi connectivity index (χ0n) is 33.6. The second kappa shape index (κ2) is 13.4. The monoisotopic (exact) mass is 791 g/mol. The van der Waals surface area contributed by atoms with Crippen LogP contribution >= 0.6 is 0 Å². The van der Waals surface area contributed by atoms with E-state index in [9.17, 15) is 0 Å². The van der Waals surface area contributed by atoms with Gasteiger partial charge in [0.05, 0.1) is 11.1 Å². The van der Waals surface area contributed by atoms with Crippen LogP contribution in [0.25, 0.3) is 55.3 Å². The molecule has 3 heteroatoms. The van der Waals surface area contributed by atoms with Crippen LogP contribution in [0.4, 0.5) is 17.1 Å². The minimum atomic E-state index is -0.472. The fourth-order valence-corrected chi connectivity index (χ4v) is 10.5. The Hall–Kier alpha value is -8.14. The molecule has 10 aromatic carbocycles. The second-order valence-corrected chi connectivity index (χ2v) is 16.4. The molecular formula is C59H37NO2. The summed E-state index contributed by atoms with van der Waals surface area (Å²) in [4.78, 5) is 2.28. The van der Waals surface area contributed by atoms with Gasteiger partial charge in [-0.3, -0.25) is 0 Å². The van der Waals surface area contributed by atoms with E-state index in [1.807, 2.05) is 6.07 Å². The topological polar surface area (TPSA) is 21.7 Å². The molecule has 10 aromatic rings. The molecule has 0 fully saturated rings. The SMILES string of the molecule is c1ccc(-c2ccc(N(c3ccc(-c4cccc5ccccc45)cc3)c3cccc4c3Oc3cc5c(cc3O4)C3(c4ccccc4-c4ccccc43)c3ccccc3-5)cc2)cc1. The number of anilines is 3. The van der Waals surface area contributed by atoms with E-state index < -0.39 is 5.41 Å². The van der Waals surface area contributed by atoms with Gasteiger partial charge >= 0.3 is 0 Å². The highest BCUT2D eigenvalue weighted by Gasteiger charge is 2.52. The van der Waals surface area contributed by atoms with Crippen molar-refractivity contribution in [2.24, 2.45) is 0 Å². The molecule has 1 spiro atoms. The van der Waals surface area contributed by atoms with Gasteiger partial charge in [-0.15, -0.1) is 0 Å². The van der Waals surface area contributed by atoms with E-state index in [2.05, 4.69) is 223 Å². The molecule has 0 saturated carbocycles. The van der Waals surface area contributed by atoms with Gasteiger partial charge in [-0.1, -0.05) is 176 Å². The highest BCUT2D eigenvalue weighted by Crippen LogP contribution is 2.65. The average Bonchev–Trinajstić information content (AvgIpc) is 3.80. The molecule has 0 radical (unpaired) electrons. The molecule has 0 aromatic heterocycles. The molecular weight excluding hydrogens is 755 g/mol. The molecule has 0 saturated heterocycles. The Morgan fingerprint density at radius 3 is 1.53 bits per heavy atom. The molecule has 62 heavy (non-hydrogen) atoms. The normalized spacial score (nSPS) is 13.2.